The number of epoxide rings is 1. The Morgan fingerprint density at radius 2 is 2.30 bits per heavy atom. The van der Waals surface area contributed by atoms with Crippen LogP contribution < -0.4 is 0 Å². The molecule has 1 aliphatic heterocycles. The highest BCUT2D eigenvalue weighted by Crippen LogP contribution is 2.19. The number of aliphatic hydroxyl groups is 1. The molecule has 1 aliphatic rings. The molecule has 1 rings (SSSR count). The van der Waals surface area contributed by atoms with Crippen molar-refractivity contribution in [3.05, 3.63) is 0 Å². The number of unbranched alkanes of at least 4 members (excludes halogenated alkanes) is 1. The smallest absolute Gasteiger partial charge is 0.144 e. The van der Waals surface area contributed by atoms with E-state index in [0.717, 1.165) is 12.8 Å². The molecule has 0 amide bonds. The van der Waals surface area contributed by atoms with Crippen LogP contribution in [0.25, 0.3) is 0 Å². The van der Waals surface area contributed by atoms with Crippen molar-refractivity contribution in [1.29, 1.82) is 0 Å². The Morgan fingerprint density at radius 3 is 2.80 bits per heavy atom. The van der Waals surface area contributed by atoms with Crippen LogP contribution in [0.5, 0.6) is 0 Å². The molecular weight excluding hydrogens is 128 g/mol. The van der Waals surface area contributed by atoms with Gasteiger partial charge in [0.05, 0.1) is 6.10 Å². The van der Waals surface area contributed by atoms with E-state index >= 15 is 0 Å². The van der Waals surface area contributed by atoms with Crippen LogP contribution in [-0.2, 0) is 4.74 Å². The molecule has 2 heteroatoms. The topological polar surface area (TPSA) is 32.8 Å². The first-order chi connectivity index (χ1) is 4.84. The lowest BCUT2D eigenvalue weighted by Crippen LogP contribution is -1.83. The third kappa shape index (κ3) is 2.38. The molecule has 0 unspecified atom stereocenters. The number of rotatable bonds is 2. The molecule has 1 N–H and O–H groups in total. The Balaban J connectivity index is 2.03. The molecule has 0 radical (unpaired) electrons. The van der Waals surface area contributed by atoms with Crippen molar-refractivity contribution in [3.63, 3.8) is 0 Å². The van der Waals surface area contributed by atoms with E-state index in [9.17, 15) is 0 Å². The lowest BCUT2D eigenvalue weighted by atomic mass is 10.3. The van der Waals surface area contributed by atoms with Crippen molar-refractivity contribution in [2.24, 2.45) is 0 Å². The summed E-state index contributed by atoms with van der Waals surface area (Å²) in [7, 11) is 0. The maximum Gasteiger partial charge on any atom is 0.144 e. The molecule has 0 saturated carbocycles. The maximum atomic E-state index is 8.40. The minimum Gasteiger partial charge on any atom is -0.396 e. The van der Waals surface area contributed by atoms with Crippen molar-refractivity contribution in [1.82, 2.24) is 0 Å². The van der Waals surface area contributed by atoms with E-state index in [0.29, 0.717) is 6.10 Å². The lowest BCUT2D eigenvalue weighted by Gasteiger charge is -1.81. The zero-order chi connectivity index (χ0) is 7.40. The highest BCUT2D eigenvalue weighted by molar-refractivity contribution is 5.12. The molecule has 2 atom stereocenters. The third-order valence-corrected chi connectivity index (χ3v) is 1.42. The zero-order valence-corrected chi connectivity index (χ0v) is 6.13. The zero-order valence-electron chi connectivity index (χ0n) is 6.13. The second kappa shape index (κ2) is 3.60. The van der Waals surface area contributed by atoms with Crippen LogP contribution in [0, 0.1) is 11.8 Å². The van der Waals surface area contributed by atoms with Gasteiger partial charge < -0.3 is 9.84 Å². The fraction of sp³-hybridized carbons (Fsp3) is 0.750. The average molecular weight is 140 g/mol. The Labute approximate surface area is 61.2 Å². The van der Waals surface area contributed by atoms with Crippen LogP contribution >= 0.6 is 0 Å². The molecular formula is C8H12O2. The second-order valence-corrected chi connectivity index (χ2v) is 2.41. The van der Waals surface area contributed by atoms with Gasteiger partial charge in [-0.15, -0.1) is 5.92 Å². The van der Waals surface area contributed by atoms with Crippen LogP contribution in [-0.4, -0.2) is 23.9 Å². The molecule has 0 aromatic carbocycles. The standard InChI is InChI=1S/C8H12O2/c1-7-8(10-7)5-3-2-4-6-9/h7-9H,2,4,6H2,1H3/t7-,8+/m0/s1. The summed E-state index contributed by atoms with van der Waals surface area (Å²) in [6.45, 7) is 2.24. The number of hydrogen-bond donors (Lipinski definition) is 1. The predicted molar refractivity (Wildman–Crippen MR) is 38.4 cm³/mol. The van der Waals surface area contributed by atoms with Gasteiger partial charge in [0.25, 0.3) is 0 Å². The lowest BCUT2D eigenvalue weighted by molar-refractivity contribution is 0.290. The summed E-state index contributed by atoms with van der Waals surface area (Å²) in [5, 5.41) is 8.40. The predicted octanol–water partition coefficient (Wildman–Crippen LogP) is 0.550. The minimum atomic E-state index is 0.179. The maximum absolute atomic E-state index is 8.40. The SMILES string of the molecule is C[C@@H]1O[C@@H]1C#CCCCO. The minimum absolute atomic E-state index is 0.179. The summed E-state index contributed by atoms with van der Waals surface area (Å²) < 4.78 is 5.06. The molecule has 0 aliphatic carbocycles. The van der Waals surface area contributed by atoms with Gasteiger partial charge in [0.1, 0.15) is 6.10 Å². The fourth-order valence-electron chi connectivity index (χ4n) is 0.677. The van der Waals surface area contributed by atoms with Crippen molar-refractivity contribution >= 4 is 0 Å². The monoisotopic (exact) mass is 140 g/mol. The van der Waals surface area contributed by atoms with Crippen LogP contribution in [0.1, 0.15) is 19.8 Å². The van der Waals surface area contributed by atoms with Gasteiger partial charge in [0.15, 0.2) is 0 Å². The molecule has 1 saturated heterocycles. The molecule has 10 heavy (non-hydrogen) atoms. The van der Waals surface area contributed by atoms with E-state index in [4.69, 9.17) is 9.84 Å². The highest BCUT2D eigenvalue weighted by atomic mass is 16.6. The molecule has 56 valence electrons. The molecule has 0 aromatic heterocycles. The van der Waals surface area contributed by atoms with Gasteiger partial charge in [0.2, 0.25) is 0 Å². The van der Waals surface area contributed by atoms with Gasteiger partial charge in [-0.2, -0.15) is 0 Å². The normalized spacial score (nSPS) is 29.0. The van der Waals surface area contributed by atoms with Gasteiger partial charge in [0, 0.05) is 13.0 Å². The molecule has 1 fully saturated rings. The molecule has 0 spiro atoms. The quantitative estimate of drug-likeness (QED) is 0.345. The summed E-state index contributed by atoms with van der Waals surface area (Å²) in [5.41, 5.74) is 0. The van der Waals surface area contributed by atoms with Crippen LogP contribution in [0.2, 0.25) is 0 Å². The van der Waals surface area contributed by atoms with E-state index in [1.165, 1.54) is 0 Å². The van der Waals surface area contributed by atoms with Crippen molar-refractivity contribution in [3.8, 4) is 11.8 Å². The first-order valence-corrected chi connectivity index (χ1v) is 3.59. The summed E-state index contributed by atoms with van der Waals surface area (Å²) in [6.07, 6.45) is 2.07. The Morgan fingerprint density at radius 1 is 1.60 bits per heavy atom. The van der Waals surface area contributed by atoms with E-state index in [1.54, 1.807) is 0 Å². The summed E-state index contributed by atoms with van der Waals surface area (Å²) >= 11 is 0. The molecule has 2 nitrogen and oxygen atoms in total. The van der Waals surface area contributed by atoms with Gasteiger partial charge in [-0.05, 0) is 13.3 Å². The Bertz CT molecular complexity index is 154. The average Bonchev–Trinajstić information content (AvgIpc) is 2.60. The molecule has 1 heterocycles. The summed E-state index contributed by atoms with van der Waals surface area (Å²) in [5.74, 6) is 5.90. The van der Waals surface area contributed by atoms with Gasteiger partial charge in [-0.25, -0.2) is 0 Å². The van der Waals surface area contributed by atoms with Crippen LogP contribution in [0.3, 0.4) is 0 Å². The summed E-state index contributed by atoms with van der Waals surface area (Å²) in [6, 6.07) is 0. The van der Waals surface area contributed by atoms with Crippen LogP contribution in [0.15, 0.2) is 0 Å². The first-order valence-electron chi connectivity index (χ1n) is 3.59. The first kappa shape index (κ1) is 7.59. The number of aliphatic hydroxyl groups excluding tert-OH is 1. The van der Waals surface area contributed by atoms with Crippen molar-refractivity contribution in [2.45, 2.75) is 32.0 Å². The number of hydrogen-bond acceptors (Lipinski definition) is 2. The highest BCUT2D eigenvalue weighted by Gasteiger charge is 2.31. The van der Waals surface area contributed by atoms with Crippen LogP contribution in [0.4, 0.5) is 0 Å². The fourth-order valence-corrected chi connectivity index (χ4v) is 0.677. The summed E-state index contributed by atoms with van der Waals surface area (Å²) in [4.78, 5) is 0. The molecule has 0 aromatic rings. The molecule has 0 bridgehead atoms. The van der Waals surface area contributed by atoms with Gasteiger partial charge in [-0.1, -0.05) is 5.92 Å². The largest absolute Gasteiger partial charge is 0.396 e. The van der Waals surface area contributed by atoms with E-state index in [1.807, 2.05) is 6.92 Å². The van der Waals surface area contributed by atoms with E-state index < -0.39 is 0 Å². The van der Waals surface area contributed by atoms with Gasteiger partial charge >= 0.3 is 0 Å². The van der Waals surface area contributed by atoms with Gasteiger partial charge in [-0.3, -0.25) is 0 Å². The third-order valence-electron chi connectivity index (χ3n) is 1.42. The number of ether oxygens (including phenoxy) is 1. The van der Waals surface area contributed by atoms with Crippen molar-refractivity contribution in [2.75, 3.05) is 6.61 Å². The van der Waals surface area contributed by atoms with Crippen molar-refractivity contribution < 1.29 is 9.84 Å². The van der Waals surface area contributed by atoms with E-state index in [-0.39, 0.29) is 12.7 Å². The Hall–Kier alpha value is -0.520. The second-order valence-electron chi connectivity index (χ2n) is 2.41. The Kier molecular flexibility index (Phi) is 2.73. The van der Waals surface area contributed by atoms with E-state index in [2.05, 4.69) is 11.8 Å².